The molecule has 6 heteroatoms. The molecule has 0 bridgehead atoms. The highest BCUT2D eigenvalue weighted by Crippen LogP contribution is 2.33. The molecule has 0 atom stereocenters. The van der Waals surface area contributed by atoms with E-state index in [0.29, 0.717) is 30.0 Å². The van der Waals surface area contributed by atoms with E-state index >= 15 is 0 Å². The highest BCUT2D eigenvalue weighted by molar-refractivity contribution is 6.31. The van der Waals surface area contributed by atoms with Crippen LogP contribution >= 0.6 is 0 Å². The monoisotopic (exact) mass is 339 g/mol. The van der Waals surface area contributed by atoms with Crippen molar-refractivity contribution in [2.45, 2.75) is 0 Å². The first-order chi connectivity index (χ1) is 12.2. The Morgan fingerprint density at radius 3 is 2.64 bits per heavy atom. The van der Waals surface area contributed by atoms with Crippen molar-refractivity contribution >= 4 is 22.9 Å². The Labute approximate surface area is 145 Å². The maximum atomic E-state index is 13.7. The molecule has 0 aliphatic carbocycles. The third-order valence-electron chi connectivity index (χ3n) is 4.33. The molecular weight excluding hydrogens is 321 g/mol. The van der Waals surface area contributed by atoms with Crippen LogP contribution in [-0.4, -0.2) is 37.2 Å². The summed E-state index contributed by atoms with van der Waals surface area (Å²) in [6.45, 7) is 2.69. The molecule has 1 saturated heterocycles. The van der Waals surface area contributed by atoms with E-state index in [-0.39, 0.29) is 11.7 Å². The molecule has 0 saturated carbocycles. The summed E-state index contributed by atoms with van der Waals surface area (Å²) in [5.74, 6) is -0.589. The number of nitrogens with zero attached hydrogens (tertiary/aromatic N) is 2. The van der Waals surface area contributed by atoms with Crippen molar-refractivity contribution in [1.29, 1.82) is 0 Å². The number of para-hydroxylation sites is 1. The lowest BCUT2D eigenvalue weighted by molar-refractivity contribution is -0.110. The standard InChI is InChI=1S/C19H18FN3O2/c20-14-6-7-18-16(12-14)17(19(24)21-18)13-23(15-4-2-1-3-5-15)22-8-10-25-11-9-22/h1-7,12-13H,8-11H2,(H,21,24). The highest BCUT2D eigenvalue weighted by atomic mass is 19.1. The first-order valence-electron chi connectivity index (χ1n) is 8.22. The van der Waals surface area contributed by atoms with Gasteiger partial charge in [0, 0.05) is 30.5 Å². The highest BCUT2D eigenvalue weighted by Gasteiger charge is 2.27. The van der Waals surface area contributed by atoms with Crippen molar-refractivity contribution < 1.29 is 13.9 Å². The molecule has 128 valence electrons. The molecule has 4 rings (SSSR count). The Morgan fingerprint density at radius 1 is 1.12 bits per heavy atom. The second-order valence-corrected chi connectivity index (χ2v) is 5.93. The van der Waals surface area contributed by atoms with E-state index < -0.39 is 0 Å². The van der Waals surface area contributed by atoms with Crippen LogP contribution in [0.3, 0.4) is 0 Å². The van der Waals surface area contributed by atoms with Crippen molar-refractivity contribution in [3.8, 4) is 0 Å². The Hall–Kier alpha value is -2.70. The van der Waals surface area contributed by atoms with E-state index in [1.165, 1.54) is 12.1 Å². The third-order valence-corrected chi connectivity index (χ3v) is 4.33. The van der Waals surface area contributed by atoms with Gasteiger partial charge in [0.25, 0.3) is 5.91 Å². The first kappa shape index (κ1) is 15.8. The summed E-state index contributed by atoms with van der Waals surface area (Å²) >= 11 is 0. The zero-order valence-electron chi connectivity index (χ0n) is 13.6. The van der Waals surface area contributed by atoms with Gasteiger partial charge in [-0.3, -0.25) is 9.80 Å². The molecule has 0 unspecified atom stereocenters. The van der Waals surface area contributed by atoms with Crippen LogP contribution in [0.4, 0.5) is 15.8 Å². The number of anilines is 2. The molecule has 5 nitrogen and oxygen atoms in total. The van der Waals surface area contributed by atoms with Gasteiger partial charge in [-0.1, -0.05) is 18.2 Å². The van der Waals surface area contributed by atoms with E-state index in [9.17, 15) is 9.18 Å². The molecule has 0 spiro atoms. The molecule has 25 heavy (non-hydrogen) atoms. The molecule has 0 aromatic heterocycles. The molecule has 0 radical (unpaired) electrons. The number of nitrogens with one attached hydrogen (secondary N) is 1. The summed E-state index contributed by atoms with van der Waals surface area (Å²) in [6, 6.07) is 14.1. The summed E-state index contributed by atoms with van der Waals surface area (Å²) in [7, 11) is 0. The Morgan fingerprint density at radius 2 is 1.88 bits per heavy atom. The molecule has 1 fully saturated rings. The van der Waals surface area contributed by atoms with Crippen molar-refractivity contribution in [2.24, 2.45) is 0 Å². The van der Waals surface area contributed by atoms with Gasteiger partial charge >= 0.3 is 0 Å². The number of hydrogen-bond donors (Lipinski definition) is 1. The minimum absolute atomic E-state index is 0.227. The van der Waals surface area contributed by atoms with E-state index in [0.717, 1.165) is 18.8 Å². The molecule has 1 N–H and O–H groups in total. The van der Waals surface area contributed by atoms with Crippen LogP contribution < -0.4 is 10.3 Å². The van der Waals surface area contributed by atoms with Crippen LogP contribution in [0.2, 0.25) is 0 Å². The molecule has 2 aromatic carbocycles. The van der Waals surface area contributed by atoms with Gasteiger partial charge in [0.05, 0.1) is 24.5 Å². The summed E-state index contributed by atoms with van der Waals surface area (Å²) in [4.78, 5) is 12.4. The number of halogens is 1. The van der Waals surface area contributed by atoms with E-state index in [1.54, 1.807) is 12.3 Å². The van der Waals surface area contributed by atoms with Crippen LogP contribution in [0, 0.1) is 5.82 Å². The molecular formula is C19H18FN3O2. The number of ether oxygens (including phenoxy) is 1. The van der Waals surface area contributed by atoms with Gasteiger partial charge in [0.15, 0.2) is 0 Å². The van der Waals surface area contributed by atoms with E-state index in [1.807, 2.05) is 35.3 Å². The SMILES string of the molecule is O=C1Nc2ccc(F)cc2C1=CN(c1ccccc1)N1CCOCC1. The van der Waals surface area contributed by atoms with Crippen LogP contribution in [0.1, 0.15) is 5.56 Å². The zero-order valence-corrected chi connectivity index (χ0v) is 13.6. The van der Waals surface area contributed by atoms with Crippen molar-refractivity contribution in [1.82, 2.24) is 5.01 Å². The summed E-state index contributed by atoms with van der Waals surface area (Å²) in [6.07, 6.45) is 1.78. The summed E-state index contributed by atoms with van der Waals surface area (Å²) in [5, 5.41) is 6.87. The number of hydrazine groups is 1. The Bertz CT molecular complexity index is 817. The van der Waals surface area contributed by atoms with Gasteiger partial charge < -0.3 is 10.1 Å². The van der Waals surface area contributed by atoms with Crippen LogP contribution in [-0.2, 0) is 9.53 Å². The number of fused-ring (bicyclic) bond motifs is 1. The largest absolute Gasteiger partial charge is 0.379 e. The molecule has 1 amide bonds. The second-order valence-electron chi connectivity index (χ2n) is 5.93. The molecule has 2 aliphatic rings. The van der Waals surface area contributed by atoms with Crippen molar-refractivity contribution in [3.63, 3.8) is 0 Å². The van der Waals surface area contributed by atoms with Crippen LogP contribution in [0.5, 0.6) is 0 Å². The second kappa shape index (κ2) is 6.66. The number of carbonyl (C=O) groups is 1. The maximum absolute atomic E-state index is 13.7. The lowest BCUT2D eigenvalue weighted by Gasteiger charge is -2.36. The number of rotatable bonds is 3. The molecule has 2 aliphatic heterocycles. The van der Waals surface area contributed by atoms with Gasteiger partial charge in [0.2, 0.25) is 0 Å². The minimum Gasteiger partial charge on any atom is -0.379 e. The van der Waals surface area contributed by atoms with Gasteiger partial charge in [-0.25, -0.2) is 9.40 Å². The smallest absolute Gasteiger partial charge is 0.257 e. The topological polar surface area (TPSA) is 44.8 Å². The predicted molar refractivity (Wildman–Crippen MR) is 94.3 cm³/mol. The average Bonchev–Trinajstić information content (AvgIpc) is 2.95. The van der Waals surface area contributed by atoms with Gasteiger partial charge in [-0.2, -0.15) is 0 Å². The Balaban J connectivity index is 1.77. The normalized spacial score (nSPS) is 18.9. The van der Waals surface area contributed by atoms with Gasteiger partial charge in [-0.15, -0.1) is 0 Å². The molecule has 2 heterocycles. The minimum atomic E-state index is -0.362. The maximum Gasteiger partial charge on any atom is 0.257 e. The van der Waals surface area contributed by atoms with Crippen molar-refractivity contribution in [2.75, 3.05) is 36.6 Å². The molecule has 2 aromatic rings. The zero-order chi connectivity index (χ0) is 17.2. The number of morpholine rings is 1. The number of carbonyl (C=O) groups excluding carboxylic acids is 1. The number of amides is 1. The number of benzene rings is 2. The van der Waals surface area contributed by atoms with E-state index in [4.69, 9.17) is 4.74 Å². The van der Waals surface area contributed by atoms with Gasteiger partial charge in [0.1, 0.15) is 5.82 Å². The fourth-order valence-electron chi connectivity index (χ4n) is 3.08. The lowest BCUT2D eigenvalue weighted by Crippen LogP contribution is -2.46. The predicted octanol–water partition coefficient (Wildman–Crippen LogP) is 2.87. The Kier molecular flexibility index (Phi) is 4.21. The van der Waals surface area contributed by atoms with Crippen LogP contribution in [0.25, 0.3) is 5.57 Å². The first-order valence-corrected chi connectivity index (χ1v) is 8.22. The fraction of sp³-hybridized carbons (Fsp3) is 0.211. The average molecular weight is 339 g/mol. The quantitative estimate of drug-likeness (QED) is 0.874. The fourth-order valence-corrected chi connectivity index (χ4v) is 3.08. The summed E-state index contributed by atoms with van der Waals surface area (Å²) < 4.78 is 19.1. The van der Waals surface area contributed by atoms with Crippen LogP contribution in [0.15, 0.2) is 54.7 Å². The van der Waals surface area contributed by atoms with E-state index in [2.05, 4.69) is 10.3 Å². The summed E-state index contributed by atoms with van der Waals surface area (Å²) in [5.41, 5.74) is 2.60. The lowest BCUT2D eigenvalue weighted by atomic mass is 10.1. The number of hydrogen-bond acceptors (Lipinski definition) is 4. The third kappa shape index (κ3) is 3.14. The van der Waals surface area contributed by atoms with Crippen molar-refractivity contribution in [3.05, 3.63) is 66.1 Å². The van der Waals surface area contributed by atoms with Gasteiger partial charge in [-0.05, 0) is 30.3 Å².